The molecule has 0 aliphatic heterocycles. The van der Waals surface area contributed by atoms with Crippen LogP contribution in [0.1, 0.15) is 71.6 Å². The van der Waals surface area contributed by atoms with Crippen LogP contribution in [0.15, 0.2) is 0 Å². The molecule has 0 aliphatic rings. The maximum atomic E-state index is 4.92. The Balaban J connectivity index is 3.32. The largest absolute Gasteiger partial charge is 0.119 e. The van der Waals surface area contributed by atoms with Gasteiger partial charge in [0, 0.05) is 9.95 Å². The highest BCUT2D eigenvalue weighted by Gasteiger charge is 2.05. The van der Waals surface area contributed by atoms with Crippen LogP contribution in [-0.4, -0.2) is 9.95 Å². The van der Waals surface area contributed by atoms with Crippen molar-refractivity contribution in [2.24, 2.45) is 0 Å². The summed E-state index contributed by atoms with van der Waals surface area (Å²) in [6.07, 6.45) is 12.4. The minimum Gasteiger partial charge on any atom is -0.119 e. The maximum Gasteiger partial charge on any atom is 0.0344 e. The van der Waals surface area contributed by atoms with E-state index >= 15 is 0 Å². The molecule has 2 heteroatoms. The Labute approximate surface area is 106 Å². The number of unbranched alkanes of at least 4 members (excludes halogenated alkanes) is 5. The van der Waals surface area contributed by atoms with Gasteiger partial charge in [-0.2, -0.15) is 0 Å². The molecule has 0 radical (unpaired) electrons. The van der Waals surface area contributed by atoms with Gasteiger partial charge in [0.1, 0.15) is 0 Å². The molecule has 0 saturated heterocycles. The van der Waals surface area contributed by atoms with Crippen LogP contribution in [0.5, 0.6) is 0 Å². The molecule has 0 aliphatic carbocycles. The highest BCUT2D eigenvalue weighted by Crippen LogP contribution is 2.21. The summed E-state index contributed by atoms with van der Waals surface area (Å²) in [6, 6.07) is 0. The summed E-state index contributed by atoms with van der Waals surface area (Å²) in [5.74, 6) is 0. The summed E-state index contributed by atoms with van der Waals surface area (Å²) in [5, 5.41) is 0.790. The molecule has 0 rings (SSSR count). The van der Waals surface area contributed by atoms with Gasteiger partial charge in [0.25, 0.3) is 0 Å². The van der Waals surface area contributed by atoms with Crippen molar-refractivity contribution < 1.29 is 0 Å². The number of hydrogen-bond acceptors (Lipinski definition) is 2. The first kappa shape index (κ1) is 15.4. The summed E-state index contributed by atoms with van der Waals surface area (Å²) in [6.45, 7) is 4.53. The van der Waals surface area contributed by atoms with Gasteiger partial charge in [-0.25, -0.2) is 0 Å². The predicted molar refractivity (Wildman–Crippen MR) is 77.9 cm³/mol. The normalized spacial score (nSPS) is 12.7. The van der Waals surface area contributed by atoms with Crippen molar-refractivity contribution in [1.82, 2.24) is 0 Å². The van der Waals surface area contributed by atoms with E-state index in [9.17, 15) is 0 Å². The Morgan fingerprint density at radius 2 is 1.60 bits per heavy atom. The lowest BCUT2D eigenvalue weighted by Gasteiger charge is -2.12. The molecule has 15 heavy (non-hydrogen) atoms. The molecule has 0 aromatic rings. The fourth-order valence-electron chi connectivity index (χ4n) is 1.83. The van der Waals surface area contributed by atoms with E-state index in [2.05, 4.69) is 13.8 Å². The van der Waals surface area contributed by atoms with Crippen molar-refractivity contribution in [3.8, 4) is 0 Å². The molecule has 0 nitrogen and oxygen atoms in total. The number of hydrogen-bond donors (Lipinski definition) is 0. The van der Waals surface area contributed by atoms with Crippen LogP contribution in [-0.2, 0) is 0 Å². The van der Waals surface area contributed by atoms with Gasteiger partial charge in [0.2, 0.25) is 0 Å². The molecular weight excluding hydrogens is 220 g/mol. The van der Waals surface area contributed by atoms with Crippen molar-refractivity contribution in [3.05, 3.63) is 0 Å². The summed E-state index contributed by atoms with van der Waals surface area (Å²) >= 11 is 6.78. The van der Waals surface area contributed by atoms with Crippen molar-refractivity contribution in [3.63, 3.8) is 0 Å². The summed E-state index contributed by atoms with van der Waals surface area (Å²) in [4.78, 5) is 0. The van der Waals surface area contributed by atoms with Crippen molar-refractivity contribution in [1.29, 1.82) is 0 Å². The van der Waals surface area contributed by atoms with Gasteiger partial charge in [-0.1, -0.05) is 71.0 Å². The van der Waals surface area contributed by atoms with Crippen LogP contribution in [0.25, 0.3) is 0 Å². The Bertz CT molecular complexity index is 134. The summed E-state index contributed by atoms with van der Waals surface area (Å²) in [5.41, 5.74) is 0. The molecule has 1 atom stereocenters. The molecule has 0 amide bonds. The Hall–Kier alpha value is 0.440. The molecule has 0 N–H and O–H groups in total. The molecule has 1 unspecified atom stereocenters. The first-order chi connectivity index (χ1) is 7.35. The number of thioether (sulfide) groups is 1. The van der Waals surface area contributed by atoms with Gasteiger partial charge in [-0.05, 0) is 12.8 Å². The lowest BCUT2D eigenvalue weighted by atomic mass is 10.1. The van der Waals surface area contributed by atoms with Gasteiger partial charge < -0.3 is 0 Å². The van der Waals surface area contributed by atoms with E-state index in [1.54, 1.807) is 0 Å². The molecule has 0 saturated carbocycles. The number of thiocarbonyl (C=S) groups is 1. The van der Waals surface area contributed by atoms with Crippen LogP contribution in [0.2, 0.25) is 0 Å². The average molecular weight is 246 g/mol. The fraction of sp³-hybridized carbons (Fsp3) is 0.923. The highest BCUT2D eigenvalue weighted by molar-refractivity contribution is 8.21. The fourth-order valence-corrected chi connectivity index (χ4v) is 3.14. The van der Waals surface area contributed by atoms with E-state index in [-0.39, 0.29) is 0 Å². The van der Waals surface area contributed by atoms with Crippen molar-refractivity contribution in [2.75, 3.05) is 0 Å². The van der Waals surface area contributed by atoms with Crippen molar-refractivity contribution >= 4 is 28.7 Å². The minimum atomic E-state index is 0.790. The van der Waals surface area contributed by atoms with Crippen molar-refractivity contribution in [2.45, 2.75) is 76.9 Å². The second-order valence-electron chi connectivity index (χ2n) is 4.20. The van der Waals surface area contributed by atoms with Gasteiger partial charge in [-0.3, -0.25) is 0 Å². The molecular formula is C13H26S2. The molecule has 0 spiro atoms. The monoisotopic (exact) mass is 246 g/mol. The quantitative estimate of drug-likeness (QED) is 0.344. The van der Waals surface area contributed by atoms with E-state index in [4.69, 9.17) is 12.2 Å². The van der Waals surface area contributed by atoms with Gasteiger partial charge in [0.15, 0.2) is 0 Å². The standard InChI is InChI=1S/C13H26S2/c1-3-5-6-7-8-9-11-13(10-4-2)15-12-14/h12-13H,3-11H2,1-2H3. The lowest BCUT2D eigenvalue weighted by Crippen LogP contribution is -2.01. The Morgan fingerprint density at radius 3 is 2.20 bits per heavy atom. The second-order valence-corrected chi connectivity index (χ2v) is 5.91. The topological polar surface area (TPSA) is 0 Å². The van der Waals surface area contributed by atoms with E-state index in [0.717, 1.165) is 5.25 Å². The van der Waals surface area contributed by atoms with E-state index in [1.165, 1.54) is 57.8 Å². The van der Waals surface area contributed by atoms with E-state index in [1.807, 2.05) is 16.5 Å². The zero-order valence-electron chi connectivity index (χ0n) is 10.3. The smallest absolute Gasteiger partial charge is 0.0344 e. The lowest BCUT2D eigenvalue weighted by molar-refractivity contribution is 0.570. The zero-order chi connectivity index (χ0) is 11.4. The predicted octanol–water partition coefficient (Wildman–Crippen LogP) is 5.60. The third kappa shape index (κ3) is 10.7. The van der Waals surface area contributed by atoms with Gasteiger partial charge >= 0.3 is 0 Å². The molecule has 0 fully saturated rings. The average Bonchev–Trinajstić information content (AvgIpc) is 2.24. The van der Waals surface area contributed by atoms with E-state index < -0.39 is 0 Å². The van der Waals surface area contributed by atoms with Gasteiger partial charge in [0.05, 0.1) is 0 Å². The van der Waals surface area contributed by atoms with Crippen LogP contribution in [0, 0.1) is 0 Å². The molecule has 90 valence electrons. The second kappa shape index (κ2) is 12.5. The van der Waals surface area contributed by atoms with Gasteiger partial charge in [-0.15, -0.1) is 11.8 Å². The van der Waals surface area contributed by atoms with E-state index in [0.29, 0.717) is 0 Å². The highest BCUT2D eigenvalue weighted by atomic mass is 32.2. The van der Waals surface area contributed by atoms with Crippen LogP contribution >= 0.6 is 24.0 Å². The first-order valence-corrected chi connectivity index (χ1v) is 7.85. The van der Waals surface area contributed by atoms with Crippen LogP contribution in [0.4, 0.5) is 0 Å². The third-order valence-corrected chi connectivity index (χ3v) is 4.04. The minimum absolute atomic E-state index is 0.790. The van der Waals surface area contributed by atoms with Crippen LogP contribution < -0.4 is 0 Å². The first-order valence-electron chi connectivity index (χ1n) is 6.44. The molecule has 0 aromatic heterocycles. The summed E-state index contributed by atoms with van der Waals surface area (Å²) < 4.78 is 1.84. The molecule has 0 bridgehead atoms. The molecule has 0 aromatic carbocycles. The summed E-state index contributed by atoms with van der Waals surface area (Å²) in [7, 11) is 0. The zero-order valence-corrected chi connectivity index (χ0v) is 12.0. The third-order valence-electron chi connectivity index (χ3n) is 2.74. The number of rotatable bonds is 11. The SMILES string of the molecule is CCCCCCCCC(CCC)SC=S. The molecule has 0 heterocycles. The Kier molecular flexibility index (Phi) is 12.9. The Morgan fingerprint density at radius 1 is 0.933 bits per heavy atom. The maximum absolute atomic E-state index is 4.92. The van der Waals surface area contributed by atoms with Crippen LogP contribution in [0.3, 0.4) is 0 Å².